The molecule has 22 heavy (non-hydrogen) atoms. The highest BCUT2D eigenvalue weighted by atomic mass is 16.5. The molecule has 1 aliphatic carbocycles. The van der Waals surface area contributed by atoms with Crippen molar-refractivity contribution in [2.45, 2.75) is 31.8 Å². The molecule has 2 amide bonds. The number of amides is 2. The van der Waals surface area contributed by atoms with E-state index >= 15 is 0 Å². The molecule has 0 aromatic heterocycles. The molecule has 0 spiro atoms. The van der Waals surface area contributed by atoms with E-state index in [9.17, 15) is 9.59 Å². The van der Waals surface area contributed by atoms with E-state index in [1.165, 1.54) is 7.11 Å². The molecule has 0 heterocycles. The van der Waals surface area contributed by atoms with Gasteiger partial charge in [-0.2, -0.15) is 0 Å². The van der Waals surface area contributed by atoms with E-state index in [-0.39, 0.29) is 24.5 Å². The van der Waals surface area contributed by atoms with Crippen LogP contribution in [0.1, 0.15) is 19.8 Å². The topological polar surface area (TPSA) is 103 Å². The second-order valence-corrected chi connectivity index (χ2v) is 5.27. The Morgan fingerprint density at radius 2 is 2.09 bits per heavy atom. The molecule has 1 fully saturated rings. The number of nitrogens with two attached hydrogens (primary N) is 1. The number of benzene rings is 1. The molecule has 0 aliphatic heterocycles. The minimum absolute atomic E-state index is 0.0997. The summed E-state index contributed by atoms with van der Waals surface area (Å²) in [7, 11) is 1.51. The summed E-state index contributed by atoms with van der Waals surface area (Å²) in [6.45, 7) is 1.50. The van der Waals surface area contributed by atoms with Gasteiger partial charge in [0.05, 0.1) is 13.2 Å². The molecule has 7 nitrogen and oxygen atoms in total. The van der Waals surface area contributed by atoms with Crippen LogP contribution in [0.5, 0.6) is 11.5 Å². The van der Waals surface area contributed by atoms with Gasteiger partial charge < -0.3 is 25.8 Å². The van der Waals surface area contributed by atoms with Gasteiger partial charge in [-0.05, 0) is 31.9 Å². The summed E-state index contributed by atoms with van der Waals surface area (Å²) >= 11 is 0. The van der Waals surface area contributed by atoms with Crippen molar-refractivity contribution in [2.75, 3.05) is 19.0 Å². The minimum atomic E-state index is -0.615. The summed E-state index contributed by atoms with van der Waals surface area (Å²) in [5, 5.41) is 5.50. The maximum absolute atomic E-state index is 11.7. The zero-order chi connectivity index (χ0) is 16.1. The molecular weight excluding hydrogens is 286 g/mol. The van der Waals surface area contributed by atoms with E-state index in [2.05, 4.69) is 10.6 Å². The summed E-state index contributed by atoms with van der Waals surface area (Å²) in [6, 6.07) is 4.61. The predicted molar refractivity (Wildman–Crippen MR) is 81.9 cm³/mol. The van der Waals surface area contributed by atoms with Crippen LogP contribution in [0.25, 0.3) is 0 Å². The SMILES string of the molecule is COc1ccc(NC(=O)[C@@H](C)N)cc1OCC(=O)NC1CC1. The third kappa shape index (κ3) is 4.63. The zero-order valence-corrected chi connectivity index (χ0v) is 12.7. The molecule has 2 rings (SSSR count). The number of methoxy groups -OCH3 is 1. The zero-order valence-electron chi connectivity index (χ0n) is 12.7. The Kier molecular flexibility index (Phi) is 5.21. The van der Waals surface area contributed by atoms with Gasteiger partial charge in [0.15, 0.2) is 18.1 Å². The van der Waals surface area contributed by atoms with Crippen LogP contribution in [-0.4, -0.2) is 37.6 Å². The first-order chi connectivity index (χ1) is 10.5. The molecule has 0 bridgehead atoms. The van der Waals surface area contributed by atoms with Crippen LogP contribution in [0.4, 0.5) is 5.69 Å². The van der Waals surface area contributed by atoms with Crippen LogP contribution in [0.2, 0.25) is 0 Å². The Bertz CT molecular complexity index is 556. The van der Waals surface area contributed by atoms with Gasteiger partial charge in [-0.1, -0.05) is 0 Å². The Labute approximate surface area is 129 Å². The highest BCUT2D eigenvalue weighted by Crippen LogP contribution is 2.30. The number of nitrogens with one attached hydrogen (secondary N) is 2. The van der Waals surface area contributed by atoms with Crippen molar-refractivity contribution in [3.05, 3.63) is 18.2 Å². The van der Waals surface area contributed by atoms with Crippen LogP contribution in [-0.2, 0) is 9.59 Å². The Balaban J connectivity index is 2.00. The van der Waals surface area contributed by atoms with Crippen LogP contribution >= 0.6 is 0 Å². The highest BCUT2D eigenvalue weighted by molar-refractivity contribution is 5.94. The van der Waals surface area contributed by atoms with Gasteiger partial charge in [0.2, 0.25) is 5.91 Å². The Morgan fingerprint density at radius 3 is 2.68 bits per heavy atom. The van der Waals surface area contributed by atoms with Gasteiger partial charge in [0.1, 0.15) is 0 Å². The van der Waals surface area contributed by atoms with Crippen molar-refractivity contribution in [1.82, 2.24) is 5.32 Å². The molecule has 7 heteroatoms. The number of ether oxygens (including phenoxy) is 2. The molecule has 0 saturated heterocycles. The second-order valence-electron chi connectivity index (χ2n) is 5.27. The van der Waals surface area contributed by atoms with Gasteiger partial charge >= 0.3 is 0 Å². The minimum Gasteiger partial charge on any atom is -0.493 e. The number of carbonyl (C=O) groups is 2. The van der Waals surface area contributed by atoms with Crippen molar-refractivity contribution in [1.29, 1.82) is 0 Å². The first-order valence-corrected chi connectivity index (χ1v) is 7.16. The Hall–Kier alpha value is -2.28. The Morgan fingerprint density at radius 1 is 1.36 bits per heavy atom. The van der Waals surface area contributed by atoms with E-state index in [1.54, 1.807) is 25.1 Å². The molecule has 1 aliphatic rings. The summed E-state index contributed by atoms with van der Waals surface area (Å²) in [4.78, 5) is 23.3. The van der Waals surface area contributed by atoms with Crippen LogP contribution in [0.3, 0.4) is 0 Å². The van der Waals surface area contributed by atoms with Gasteiger partial charge in [0, 0.05) is 17.8 Å². The third-order valence-corrected chi connectivity index (χ3v) is 3.15. The maximum Gasteiger partial charge on any atom is 0.258 e. The standard InChI is InChI=1S/C15H21N3O4/c1-9(16)15(20)18-11-5-6-12(21-2)13(7-11)22-8-14(19)17-10-3-4-10/h5-7,9-10H,3-4,8,16H2,1-2H3,(H,17,19)(H,18,20)/t9-/m1/s1. The monoisotopic (exact) mass is 307 g/mol. The molecule has 0 unspecified atom stereocenters. The van der Waals surface area contributed by atoms with Crippen molar-refractivity contribution in [2.24, 2.45) is 5.73 Å². The van der Waals surface area contributed by atoms with Crippen molar-refractivity contribution < 1.29 is 19.1 Å². The fourth-order valence-electron chi connectivity index (χ4n) is 1.76. The smallest absolute Gasteiger partial charge is 0.258 e. The largest absolute Gasteiger partial charge is 0.493 e. The fraction of sp³-hybridized carbons (Fsp3) is 0.467. The summed E-state index contributed by atoms with van der Waals surface area (Å²) in [5.41, 5.74) is 6.04. The predicted octanol–water partition coefficient (Wildman–Crippen LogP) is 0.638. The van der Waals surface area contributed by atoms with Crippen LogP contribution in [0, 0.1) is 0 Å². The molecule has 1 aromatic carbocycles. The first kappa shape index (κ1) is 16.1. The van der Waals surface area contributed by atoms with Gasteiger partial charge in [-0.15, -0.1) is 0 Å². The summed E-state index contributed by atoms with van der Waals surface area (Å²) in [5.74, 6) is 0.395. The second kappa shape index (κ2) is 7.13. The van der Waals surface area contributed by atoms with E-state index in [1.807, 2.05) is 0 Å². The highest BCUT2D eigenvalue weighted by Gasteiger charge is 2.23. The molecule has 1 saturated carbocycles. The van der Waals surface area contributed by atoms with Crippen LogP contribution < -0.4 is 25.8 Å². The fourth-order valence-corrected chi connectivity index (χ4v) is 1.76. The van der Waals surface area contributed by atoms with E-state index < -0.39 is 6.04 Å². The lowest BCUT2D eigenvalue weighted by molar-refractivity contribution is -0.123. The van der Waals surface area contributed by atoms with Crippen molar-refractivity contribution >= 4 is 17.5 Å². The maximum atomic E-state index is 11.7. The number of carbonyl (C=O) groups excluding carboxylic acids is 2. The molecule has 1 atom stereocenters. The van der Waals surface area contributed by atoms with Gasteiger partial charge in [-0.25, -0.2) is 0 Å². The number of hydrogen-bond donors (Lipinski definition) is 3. The van der Waals surface area contributed by atoms with E-state index in [4.69, 9.17) is 15.2 Å². The van der Waals surface area contributed by atoms with E-state index in [0.717, 1.165) is 12.8 Å². The quantitative estimate of drug-likeness (QED) is 0.686. The molecular formula is C15H21N3O4. The van der Waals surface area contributed by atoms with Crippen molar-refractivity contribution in [3.8, 4) is 11.5 Å². The normalized spacial score (nSPS) is 14.9. The number of rotatable bonds is 7. The van der Waals surface area contributed by atoms with E-state index in [0.29, 0.717) is 17.2 Å². The van der Waals surface area contributed by atoms with Gasteiger partial charge in [0.25, 0.3) is 5.91 Å². The summed E-state index contributed by atoms with van der Waals surface area (Å²) < 4.78 is 10.7. The lowest BCUT2D eigenvalue weighted by Crippen LogP contribution is -2.32. The molecule has 4 N–H and O–H groups in total. The third-order valence-electron chi connectivity index (χ3n) is 3.15. The average Bonchev–Trinajstić information content (AvgIpc) is 3.29. The lowest BCUT2D eigenvalue weighted by Gasteiger charge is -2.13. The lowest BCUT2D eigenvalue weighted by atomic mass is 10.2. The first-order valence-electron chi connectivity index (χ1n) is 7.16. The van der Waals surface area contributed by atoms with Gasteiger partial charge in [-0.3, -0.25) is 9.59 Å². The number of hydrogen-bond acceptors (Lipinski definition) is 5. The molecule has 1 aromatic rings. The molecule has 120 valence electrons. The number of anilines is 1. The average molecular weight is 307 g/mol. The summed E-state index contributed by atoms with van der Waals surface area (Å²) in [6.07, 6.45) is 2.04. The molecule has 0 radical (unpaired) electrons. The van der Waals surface area contributed by atoms with Crippen molar-refractivity contribution in [3.63, 3.8) is 0 Å². The van der Waals surface area contributed by atoms with Crippen LogP contribution in [0.15, 0.2) is 18.2 Å².